The summed E-state index contributed by atoms with van der Waals surface area (Å²) in [5.74, 6) is 0. The molecule has 0 aromatic rings. The van der Waals surface area contributed by atoms with Crippen molar-refractivity contribution in [3.8, 4) is 0 Å². The number of nitrogens with two attached hydrogens (primary N) is 1. The minimum absolute atomic E-state index is 0.161. The SMILES string of the molecule is NC1CCC2(CC2)CC1F. The fourth-order valence-electron chi connectivity index (χ4n) is 1.95. The molecule has 0 heterocycles. The van der Waals surface area contributed by atoms with Gasteiger partial charge >= 0.3 is 0 Å². The molecule has 0 radical (unpaired) electrons. The van der Waals surface area contributed by atoms with Crippen molar-refractivity contribution in [2.45, 2.75) is 44.3 Å². The second kappa shape index (κ2) is 1.94. The van der Waals surface area contributed by atoms with Crippen LogP contribution in [0.4, 0.5) is 4.39 Å². The zero-order chi connectivity index (χ0) is 7.19. The van der Waals surface area contributed by atoms with E-state index in [1.165, 1.54) is 19.3 Å². The highest BCUT2D eigenvalue weighted by atomic mass is 19.1. The van der Waals surface area contributed by atoms with Gasteiger partial charge in [0.2, 0.25) is 0 Å². The summed E-state index contributed by atoms with van der Waals surface area (Å²) >= 11 is 0. The van der Waals surface area contributed by atoms with E-state index >= 15 is 0 Å². The zero-order valence-corrected chi connectivity index (χ0v) is 6.15. The first-order valence-electron chi connectivity index (χ1n) is 4.12. The number of hydrogen-bond acceptors (Lipinski definition) is 1. The predicted octanol–water partition coefficient (Wildman–Crippen LogP) is 1.62. The molecule has 2 fully saturated rings. The van der Waals surface area contributed by atoms with Crippen LogP contribution in [0, 0.1) is 5.41 Å². The van der Waals surface area contributed by atoms with Crippen molar-refractivity contribution in [2.24, 2.45) is 11.1 Å². The summed E-state index contributed by atoms with van der Waals surface area (Å²) in [6.45, 7) is 0. The first-order valence-corrected chi connectivity index (χ1v) is 4.12. The van der Waals surface area contributed by atoms with Crippen LogP contribution in [0.5, 0.6) is 0 Å². The molecular formula is C8H14FN. The fraction of sp³-hybridized carbons (Fsp3) is 1.00. The van der Waals surface area contributed by atoms with Crippen LogP contribution in [0.15, 0.2) is 0 Å². The van der Waals surface area contributed by atoms with Gasteiger partial charge in [-0.3, -0.25) is 0 Å². The number of alkyl halides is 1. The number of rotatable bonds is 0. The molecule has 2 saturated carbocycles. The largest absolute Gasteiger partial charge is 0.325 e. The summed E-state index contributed by atoms with van der Waals surface area (Å²) in [6.07, 6.45) is 4.61. The molecule has 0 saturated heterocycles. The van der Waals surface area contributed by atoms with E-state index in [1.807, 2.05) is 0 Å². The van der Waals surface area contributed by atoms with Gasteiger partial charge in [0.15, 0.2) is 0 Å². The van der Waals surface area contributed by atoms with Gasteiger partial charge in [-0.05, 0) is 37.5 Å². The average Bonchev–Trinajstić information content (AvgIpc) is 2.62. The van der Waals surface area contributed by atoms with E-state index in [1.54, 1.807) is 0 Å². The van der Waals surface area contributed by atoms with Crippen LogP contribution >= 0.6 is 0 Å². The summed E-state index contributed by atoms with van der Waals surface area (Å²) in [5, 5.41) is 0. The Morgan fingerprint density at radius 2 is 2.00 bits per heavy atom. The molecule has 2 atom stereocenters. The second-order valence-corrected chi connectivity index (χ2v) is 3.92. The van der Waals surface area contributed by atoms with Crippen LogP contribution in [0.1, 0.15) is 32.1 Å². The Morgan fingerprint density at radius 1 is 1.30 bits per heavy atom. The lowest BCUT2D eigenvalue weighted by molar-refractivity contribution is 0.159. The van der Waals surface area contributed by atoms with E-state index in [-0.39, 0.29) is 6.04 Å². The monoisotopic (exact) mass is 143 g/mol. The second-order valence-electron chi connectivity index (χ2n) is 3.92. The van der Waals surface area contributed by atoms with Crippen molar-refractivity contribution < 1.29 is 4.39 Å². The molecule has 1 spiro atoms. The summed E-state index contributed by atoms with van der Waals surface area (Å²) < 4.78 is 13.0. The Balaban J connectivity index is 1.98. The van der Waals surface area contributed by atoms with Gasteiger partial charge in [0.25, 0.3) is 0 Å². The number of hydrogen-bond donors (Lipinski definition) is 1. The van der Waals surface area contributed by atoms with E-state index in [0.29, 0.717) is 5.41 Å². The van der Waals surface area contributed by atoms with Crippen molar-refractivity contribution in [3.05, 3.63) is 0 Å². The highest BCUT2D eigenvalue weighted by Crippen LogP contribution is 2.56. The van der Waals surface area contributed by atoms with E-state index in [9.17, 15) is 4.39 Å². The van der Waals surface area contributed by atoms with Crippen molar-refractivity contribution in [3.63, 3.8) is 0 Å². The molecule has 0 bridgehead atoms. The van der Waals surface area contributed by atoms with Gasteiger partial charge < -0.3 is 5.73 Å². The minimum Gasteiger partial charge on any atom is -0.325 e. The molecule has 2 unspecified atom stereocenters. The molecular weight excluding hydrogens is 129 g/mol. The quantitative estimate of drug-likeness (QED) is 0.548. The van der Waals surface area contributed by atoms with Gasteiger partial charge in [-0.15, -0.1) is 0 Å². The molecule has 58 valence electrons. The lowest BCUT2D eigenvalue weighted by Gasteiger charge is -2.29. The highest BCUT2D eigenvalue weighted by Gasteiger charge is 2.48. The third-order valence-electron chi connectivity index (χ3n) is 3.06. The Hall–Kier alpha value is -0.110. The Kier molecular flexibility index (Phi) is 1.28. The molecule has 2 rings (SSSR count). The molecule has 0 amide bonds. The topological polar surface area (TPSA) is 26.0 Å². The Labute approximate surface area is 60.8 Å². The first-order chi connectivity index (χ1) is 4.72. The Bertz CT molecular complexity index is 142. The number of halogens is 1. The minimum atomic E-state index is -0.712. The van der Waals surface area contributed by atoms with Crippen molar-refractivity contribution in [1.82, 2.24) is 0 Å². The molecule has 1 nitrogen and oxygen atoms in total. The highest BCUT2D eigenvalue weighted by molar-refractivity contribution is 5.00. The maximum absolute atomic E-state index is 13.0. The van der Waals surface area contributed by atoms with Gasteiger partial charge in [0.1, 0.15) is 6.17 Å². The normalized spacial score (nSPS) is 43.8. The van der Waals surface area contributed by atoms with E-state index < -0.39 is 6.17 Å². The van der Waals surface area contributed by atoms with Gasteiger partial charge in [0, 0.05) is 6.04 Å². The Morgan fingerprint density at radius 3 is 2.50 bits per heavy atom. The van der Waals surface area contributed by atoms with Gasteiger partial charge in [-0.2, -0.15) is 0 Å². The lowest BCUT2D eigenvalue weighted by atomic mass is 9.82. The molecule has 2 aliphatic rings. The summed E-state index contributed by atoms with van der Waals surface area (Å²) in [6, 6.07) is -0.161. The van der Waals surface area contributed by atoms with Crippen LogP contribution < -0.4 is 5.73 Å². The molecule has 0 aliphatic heterocycles. The molecule has 0 aromatic heterocycles. The van der Waals surface area contributed by atoms with Crippen LogP contribution in [-0.2, 0) is 0 Å². The standard InChI is InChI=1S/C8H14FN/c9-6-5-8(3-4-8)2-1-7(6)10/h6-7H,1-5,10H2. The van der Waals surface area contributed by atoms with Crippen LogP contribution in [0.2, 0.25) is 0 Å². The van der Waals surface area contributed by atoms with E-state index in [0.717, 1.165) is 12.8 Å². The zero-order valence-electron chi connectivity index (χ0n) is 6.15. The summed E-state index contributed by atoms with van der Waals surface area (Å²) in [7, 11) is 0. The van der Waals surface area contributed by atoms with Crippen molar-refractivity contribution in [2.75, 3.05) is 0 Å². The maximum atomic E-state index is 13.0. The van der Waals surface area contributed by atoms with Gasteiger partial charge in [-0.25, -0.2) is 4.39 Å². The van der Waals surface area contributed by atoms with Gasteiger partial charge in [-0.1, -0.05) is 0 Å². The van der Waals surface area contributed by atoms with E-state index in [2.05, 4.69) is 0 Å². The predicted molar refractivity (Wildman–Crippen MR) is 38.4 cm³/mol. The lowest BCUT2D eigenvalue weighted by Crippen LogP contribution is -2.38. The third kappa shape index (κ3) is 0.947. The van der Waals surface area contributed by atoms with Crippen molar-refractivity contribution in [1.29, 1.82) is 0 Å². The smallest absolute Gasteiger partial charge is 0.116 e. The average molecular weight is 143 g/mol. The molecule has 0 aromatic carbocycles. The van der Waals surface area contributed by atoms with Gasteiger partial charge in [0.05, 0.1) is 0 Å². The first kappa shape index (κ1) is 6.59. The molecule has 2 heteroatoms. The van der Waals surface area contributed by atoms with Crippen LogP contribution in [-0.4, -0.2) is 12.2 Å². The van der Waals surface area contributed by atoms with Crippen LogP contribution in [0.25, 0.3) is 0 Å². The molecule has 2 aliphatic carbocycles. The molecule has 10 heavy (non-hydrogen) atoms. The third-order valence-corrected chi connectivity index (χ3v) is 3.06. The molecule has 2 N–H and O–H groups in total. The van der Waals surface area contributed by atoms with Crippen molar-refractivity contribution >= 4 is 0 Å². The summed E-state index contributed by atoms with van der Waals surface area (Å²) in [4.78, 5) is 0. The summed E-state index contributed by atoms with van der Waals surface area (Å²) in [5.41, 5.74) is 5.98. The maximum Gasteiger partial charge on any atom is 0.116 e. The van der Waals surface area contributed by atoms with Crippen LogP contribution in [0.3, 0.4) is 0 Å². The fourth-order valence-corrected chi connectivity index (χ4v) is 1.95. The van der Waals surface area contributed by atoms with E-state index in [4.69, 9.17) is 5.73 Å².